The van der Waals surface area contributed by atoms with Gasteiger partial charge < -0.3 is 0 Å². The number of rotatable bonds is 1. The predicted octanol–water partition coefficient (Wildman–Crippen LogP) is 0.980. The minimum Gasteiger partial charge on any atom is -0.298 e. The van der Waals surface area contributed by atoms with Crippen LogP contribution in [-0.4, -0.2) is 30.3 Å². The second-order valence-electron chi connectivity index (χ2n) is 3.30. The Morgan fingerprint density at radius 1 is 1.55 bits per heavy atom. The van der Waals surface area contributed by atoms with Crippen LogP contribution in [0.1, 0.15) is 19.3 Å². The summed E-state index contributed by atoms with van der Waals surface area (Å²) in [5.41, 5.74) is 1.02. The number of fused-ring (bicyclic) bond motifs is 1. The number of carbonyl (C=O) groups excluding carboxylic acids is 1. The highest BCUT2D eigenvalue weighted by molar-refractivity contribution is 5.75. The predicted molar refractivity (Wildman–Crippen MR) is 43.4 cm³/mol. The van der Waals surface area contributed by atoms with Gasteiger partial charge in [0.2, 0.25) is 0 Å². The summed E-state index contributed by atoms with van der Waals surface area (Å²) in [6.45, 7) is 2.35. The minimum atomic E-state index is 0.473. The summed E-state index contributed by atoms with van der Waals surface area (Å²) in [4.78, 5) is 13.0. The van der Waals surface area contributed by atoms with Crippen molar-refractivity contribution < 1.29 is 4.79 Å². The fourth-order valence-electron chi connectivity index (χ4n) is 2.13. The first-order valence-corrected chi connectivity index (χ1v) is 4.31. The summed E-state index contributed by atoms with van der Waals surface area (Å²) >= 11 is 0. The molecule has 2 heteroatoms. The monoisotopic (exact) mass is 151 g/mol. The van der Waals surface area contributed by atoms with Gasteiger partial charge in [0.15, 0.2) is 0 Å². The molecule has 60 valence electrons. The molecule has 2 aliphatic rings. The zero-order valence-electron chi connectivity index (χ0n) is 6.62. The van der Waals surface area contributed by atoms with Gasteiger partial charge in [0.25, 0.3) is 0 Å². The highest BCUT2D eigenvalue weighted by atomic mass is 16.1. The van der Waals surface area contributed by atoms with E-state index in [0.717, 1.165) is 24.8 Å². The van der Waals surface area contributed by atoms with Crippen LogP contribution in [0, 0.1) is 0 Å². The molecule has 0 aromatic rings. The summed E-state index contributed by atoms with van der Waals surface area (Å²) in [6.07, 6.45) is 6.63. The molecule has 1 fully saturated rings. The van der Waals surface area contributed by atoms with Crippen LogP contribution < -0.4 is 0 Å². The third kappa shape index (κ3) is 1.11. The Hall–Kier alpha value is -0.630. The van der Waals surface area contributed by atoms with Crippen molar-refractivity contribution in [1.29, 1.82) is 0 Å². The lowest BCUT2D eigenvalue weighted by Gasteiger charge is -2.27. The fraction of sp³-hybridized carbons (Fsp3) is 0.667. The van der Waals surface area contributed by atoms with E-state index < -0.39 is 0 Å². The molecule has 2 aliphatic heterocycles. The first-order valence-electron chi connectivity index (χ1n) is 4.31. The lowest BCUT2D eigenvalue weighted by molar-refractivity contribution is -0.105. The molecule has 0 N–H and O–H groups in total. The SMILES string of the molecule is O=CC1=CCCN2CCC[C@@H]12. The first kappa shape index (κ1) is 7.04. The second-order valence-corrected chi connectivity index (χ2v) is 3.30. The maximum atomic E-state index is 10.6. The Morgan fingerprint density at radius 3 is 3.27 bits per heavy atom. The molecule has 11 heavy (non-hydrogen) atoms. The molecule has 2 heterocycles. The number of hydrogen-bond donors (Lipinski definition) is 0. The Labute approximate surface area is 66.9 Å². The van der Waals surface area contributed by atoms with Gasteiger partial charge >= 0.3 is 0 Å². The molecule has 2 rings (SSSR count). The van der Waals surface area contributed by atoms with Gasteiger partial charge in [0.1, 0.15) is 6.29 Å². The number of aldehydes is 1. The van der Waals surface area contributed by atoms with Crippen LogP contribution >= 0.6 is 0 Å². The van der Waals surface area contributed by atoms with Gasteiger partial charge in [0, 0.05) is 18.2 Å². The van der Waals surface area contributed by atoms with Crippen LogP contribution in [-0.2, 0) is 4.79 Å². The third-order valence-electron chi connectivity index (χ3n) is 2.68. The van der Waals surface area contributed by atoms with Crippen LogP contribution in [0.2, 0.25) is 0 Å². The molecule has 1 saturated heterocycles. The molecule has 0 aromatic heterocycles. The fourth-order valence-corrected chi connectivity index (χ4v) is 2.13. The van der Waals surface area contributed by atoms with Crippen LogP contribution in [0.4, 0.5) is 0 Å². The van der Waals surface area contributed by atoms with Gasteiger partial charge in [-0.05, 0) is 25.8 Å². The van der Waals surface area contributed by atoms with E-state index in [1.807, 2.05) is 0 Å². The van der Waals surface area contributed by atoms with E-state index in [1.54, 1.807) is 0 Å². The van der Waals surface area contributed by atoms with E-state index in [4.69, 9.17) is 0 Å². The lowest BCUT2D eigenvalue weighted by atomic mass is 10.0. The van der Waals surface area contributed by atoms with Gasteiger partial charge in [-0.1, -0.05) is 6.08 Å². The quantitative estimate of drug-likeness (QED) is 0.521. The average Bonchev–Trinajstić information content (AvgIpc) is 2.50. The van der Waals surface area contributed by atoms with Crippen molar-refractivity contribution in [2.45, 2.75) is 25.3 Å². The van der Waals surface area contributed by atoms with E-state index in [-0.39, 0.29) is 0 Å². The maximum Gasteiger partial charge on any atom is 0.147 e. The van der Waals surface area contributed by atoms with E-state index in [9.17, 15) is 4.79 Å². The van der Waals surface area contributed by atoms with Crippen LogP contribution in [0.25, 0.3) is 0 Å². The van der Waals surface area contributed by atoms with Gasteiger partial charge in [-0.3, -0.25) is 9.69 Å². The standard InChI is InChI=1S/C9H13NO/c11-7-8-3-1-5-10-6-2-4-9(8)10/h3,7,9H,1-2,4-6H2/t9-/m0/s1. The Morgan fingerprint density at radius 2 is 2.45 bits per heavy atom. The summed E-state index contributed by atoms with van der Waals surface area (Å²) in [6, 6.07) is 0.473. The summed E-state index contributed by atoms with van der Waals surface area (Å²) in [7, 11) is 0. The molecular formula is C9H13NO. The molecule has 0 aromatic carbocycles. The van der Waals surface area contributed by atoms with Crippen molar-refractivity contribution in [1.82, 2.24) is 4.90 Å². The Bertz CT molecular complexity index is 198. The summed E-state index contributed by atoms with van der Waals surface area (Å²) in [5, 5.41) is 0. The van der Waals surface area contributed by atoms with Crippen LogP contribution in [0.3, 0.4) is 0 Å². The number of carbonyl (C=O) groups is 1. The van der Waals surface area contributed by atoms with Crippen molar-refractivity contribution in [3.8, 4) is 0 Å². The third-order valence-corrected chi connectivity index (χ3v) is 2.68. The van der Waals surface area contributed by atoms with Crippen molar-refractivity contribution in [3.63, 3.8) is 0 Å². The molecule has 2 nitrogen and oxygen atoms in total. The Balaban J connectivity index is 2.19. The zero-order valence-corrected chi connectivity index (χ0v) is 6.62. The molecule has 0 bridgehead atoms. The van der Waals surface area contributed by atoms with Crippen LogP contribution in [0.5, 0.6) is 0 Å². The Kier molecular flexibility index (Phi) is 1.78. The smallest absolute Gasteiger partial charge is 0.147 e. The van der Waals surface area contributed by atoms with E-state index in [1.165, 1.54) is 19.4 Å². The van der Waals surface area contributed by atoms with Gasteiger partial charge in [-0.25, -0.2) is 0 Å². The molecule has 0 unspecified atom stereocenters. The lowest BCUT2D eigenvalue weighted by Crippen LogP contribution is -2.35. The molecular weight excluding hydrogens is 138 g/mol. The maximum absolute atomic E-state index is 10.6. The topological polar surface area (TPSA) is 20.3 Å². The van der Waals surface area contributed by atoms with Gasteiger partial charge in [-0.15, -0.1) is 0 Å². The number of hydrogen-bond acceptors (Lipinski definition) is 2. The molecule has 0 radical (unpaired) electrons. The van der Waals surface area contributed by atoms with Crippen molar-refractivity contribution in [2.75, 3.05) is 13.1 Å². The van der Waals surface area contributed by atoms with Crippen molar-refractivity contribution in [2.24, 2.45) is 0 Å². The summed E-state index contributed by atoms with van der Waals surface area (Å²) in [5.74, 6) is 0. The minimum absolute atomic E-state index is 0.473. The largest absolute Gasteiger partial charge is 0.298 e. The van der Waals surface area contributed by atoms with Gasteiger partial charge in [0.05, 0.1) is 0 Å². The molecule has 0 amide bonds. The van der Waals surface area contributed by atoms with Gasteiger partial charge in [-0.2, -0.15) is 0 Å². The second kappa shape index (κ2) is 2.78. The normalized spacial score (nSPS) is 31.3. The zero-order chi connectivity index (χ0) is 7.68. The molecule has 0 saturated carbocycles. The molecule has 0 aliphatic carbocycles. The first-order chi connectivity index (χ1) is 5.42. The van der Waals surface area contributed by atoms with Crippen molar-refractivity contribution >= 4 is 6.29 Å². The van der Waals surface area contributed by atoms with E-state index >= 15 is 0 Å². The molecule has 0 spiro atoms. The average molecular weight is 151 g/mol. The van der Waals surface area contributed by atoms with Crippen LogP contribution in [0.15, 0.2) is 11.6 Å². The highest BCUT2D eigenvalue weighted by Gasteiger charge is 2.28. The molecule has 1 atom stereocenters. The van der Waals surface area contributed by atoms with E-state index in [0.29, 0.717) is 6.04 Å². The summed E-state index contributed by atoms with van der Waals surface area (Å²) < 4.78 is 0. The number of nitrogens with zero attached hydrogens (tertiary/aromatic N) is 1. The highest BCUT2D eigenvalue weighted by Crippen LogP contribution is 2.26. The van der Waals surface area contributed by atoms with E-state index in [2.05, 4.69) is 11.0 Å². The van der Waals surface area contributed by atoms with Crippen molar-refractivity contribution in [3.05, 3.63) is 11.6 Å².